The van der Waals surface area contributed by atoms with Crippen molar-refractivity contribution >= 4 is 15.9 Å². The smallest absolute Gasteiger partial charge is 0.121 e. The minimum atomic E-state index is -0.830. The van der Waals surface area contributed by atoms with E-state index in [2.05, 4.69) is 40.2 Å². The molecule has 19 heavy (non-hydrogen) atoms. The summed E-state index contributed by atoms with van der Waals surface area (Å²) in [6.07, 6.45) is 3.73. The summed E-state index contributed by atoms with van der Waals surface area (Å²) >= 11 is 3.59. The van der Waals surface area contributed by atoms with E-state index in [9.17, 15) is 4.39 Å². The second-order valence-corrected chi connectivity index (χ2v) is 5.95. The highest BCUT2D eigenvalue weighted by molar-refractivity contribution is 9.10. The maximum absolute atomic E-state index is 14.5. The molecule has 2 unspecified atom stereocenters. The molecule has 1 aromatic heterocycles. The molecular formula is C14H23BrFN3. The summed E-state index contributed by atoms with van der Waals surface area (Å²) in [5.74, 6) is 0. The molecular weight excluding hydrogens is 309 g/mol. The first-order valence-corrected chi connectivity index (χ1v) is 8.08. The molecule has 1 aromatic rings. The molecule has 0 aromatic carbocycles. The fraction of sp³-hybridized carbons (Fsp3) is 0.786. The van der Waals surface area contributed by atoms with Crippen LogP contribution in [-0.2, 0) is 19.4 Å². The number of piperidine rings is 1. The molecule has 0 spiro atoms. The Hall–Kier alpha value is -0.420. The normalized spacial score (nSPS) is 21.6. The highest BCUT2D eigenvalue weighted by Gasteiger charge is 2.26. The third kappa shape index (κ3) is 3.37. The maximum atomic E-state index is 14.5. The fourth-order valence-corrected chi connectivity index (χ4v) is 3.45. The Morgan fingerprint density at radius 1 is 1.47 bits per heavy atom. The minimum Gasteiger partial charge on any atom is -0.311 e. The van der Waals surface area contributed by atoms with E-state index in [1.807, 2.05) is 4.68 Å². The third-order valence-electron chi connectivity index (χ3n) is 3.87. The Morgan fingerprint density at radius 3 is 2.84 bits per heavy atom. The van der Waals surface area contributed by atoms with Gasteiger partial charge in [-0.15, -0.1) is 0 Å². The molecule has 1 aliphatic heterocycles. The molecule has 1 fully saturated rings. The predicted octanol–water partition coefficient (Wildman–Crippen LogP) is 3.25. The number of aromatic nitrogens is 2. The number of halogens is 2. The van der Waals surface area contributed by atoms with Gasteiger partial charge in [0, 0.05) is 19.0 Å². The number of alkyl halides is 1. The molecule has 2 atom stereocenters. The van der Waals surface area contributed by atoms with Gasteiger partial charge in [0.25, 0.3) is 0 Å². The van der Waals surface area contributed by atoms with Crippen molar-refractivity contribution in [2.24, 2.45) is 0 Å². The van der Waals surface area contributed by atoms with Crippen LogP contribution in [0.5, 0.6) is 0 Å². The second kappa shape index (κ2) is 6.84. The molecule has 1 saturated heterocycles. The summed E-state index contributed by atoms with van der Waals surface area (Å²) < 4.78 is 17.4. The number of aryl methyl sites for hydroxylation is 2. The maximum Gasteiger partial charge on any atom is 0.121 e. The van der Waals surface area contributed by atoms with E-state index in [1.54, 1.807) is 0 Å². The molecule has 1 aliphatic rings. The molecule has 2 heterocycles. The summed E-state index contributed by atoms with van der Waals surface area (Å²) in [7, 11) is 0. The zero-order chi connectivity index (χ0) is 13.8. The van der Waals surface area contributed by atoms with E-state index in [4.69, 9.17) is 0 Å². The van der Waals surface area contributed by atoms with Crippen molar-refractivity contribution in [3.8, 4) is 0 Å². The Labute approximate surface area is 123 Å². The van der Waals surface area contributed by atoms with Gasteiger partial charge in [0.15, 0.2) is 0 Å². The van der Waals surface area contributed by atoms with Crippen molar-refractivity contribution in [1.82, 2.24) is 15.1 Å². The molecule has 3 nitrogen and oxygen atoms in total. The Balaban J connectivity index is 2.10. The quantitative estimate of drug-likeness (QED) is 0.897. The Kier molecular flexibility index (Phi) is 5.39. The number of nitrogens with one attached hydrogen (secondary N) is 1. The van der Waals surface area contributed by atoms with Crippen LogP contribution < -0.4 is 5.32 Å². The van der Waals surface area contributed by atoms with Crippen LogP contribution in [0, 0.1) is 0 Å². The van der Waals surface area contributed by atoms with Gasteiger partial charge >= 0.3 is 0 Å². The second-order valence-electron chi connectivity index (χ2n) is 5.15. The highest BCUT2D eigenvalue weighted by Crippen LogP contribution is 2.26. The molecule has 108 valence electrons. The van der Waals surface area contributed by atoms with Crippen LogP contribution in [0.2, 0.25) is 0 Å². The van der Waals surface area contributed by atoms with E-state index in [1.165, 1.54) is 6.42 Å². The molecule has 1 N–H and O–H groups in total. The van der Waals surface area contributed by atoms with Crippen molar-refractivity contribution in [3.63, 3.8) is 0 Å². The van der Waals surface area contributed by atoms with Gasteiger partial charge < -0.3 is 5.32 Å². The van der Waals surface area contributed by atoms with Crippen molar-refractivity contribution in [1.29, 1.82) is 0 Å². The van der Waals surface area contributed by atoms with Gasteiger partial charge in [-0.3, -0.25) is 4.68 Å². The highest BCUT2D eigenvalue weighted by atomic mass is 79.9. The number of hydrogen-bond donors (Lipinski definition) is 1. The average Bonchev–Trinajstić information content (AvgIpc) is 2.76. The molecule has 0 saturated carbocycles. The lowest BCUT2D eigenvalue weighted by atomic mass is 9.98. The number of rotatable bonds is 5. The first kappa shape index (κ1) is 15.0. The van der Waals surface area contributed by atoms with Crippen LogP contribution in [0.25, 0.3) is 0 Å². The van der Waals surface area contributed by atoms with E-state index in [0.717, 1.165) is 48.2 Å². The molecule has 0 aliphatic carbocycles. The van der Waals surface area contributed by atoms with Gasteiger partial charge in [-0.05, 0) is 48.7 Å². The van der Waals surface area contributed by atoms with E-state index in [0.29, 0.717) is 6.42 Å². The van der Waals surface area contributed by atoms with Gasteiger partial charge in [-0.1, -0.05) is 13.3 Å². The van der Waals surface area contributed by atoms with E-state index in [-0.39, 0.29) is 6.04 Å². The standard InChI is InChI=1S/C14H23BrFN3/c1-3-11-14(15)13(19(4-2)18-11)9-10(16)12-7-5-6-8-17-12/h10,12,17H,3-9H2,1-2H3. The minimum absolute atomic E-state index is 0.00549. The number of hydrogen-bond acceptors (Lipinski definition) is 2. The lowest BCUT2D eigenvalue weighted by Gasteiger charge is -2.26. The van der Waals surface area contributed by atoms with Gasteiger partial charge in [0.05, 0.1) is 15.9 Å². The van der Waals surface area contributed by atoms with Crippen LogP contribution >= 0.6 is 15.9 Å². The SMILES string of the molecule is CCc1nn(CC)c(CC(F)C2CCCCN2)c1Br. The lowest BCUT2D eigenvalue weighted by Crippen LogP contribution is -2.42. The summed E-state index contributed by atoms with van der Waals surface area (Å²) in [6, 6.07) is 0.00549. The topological polar surface area (TPSA) is 29.9 Å². The first-order chi connectivity index (χ1) is 9.17. The zero-order valence-corrected chi connectivity index (χ0v) is 13.3. The van der Waals surface area contributed by atoms with Crippen molar-refractivity contribution < 1.29 is 4.39 Å². The van der Waals surface area contributed by atoms with E-state index < -0.39 is 6.17 Å². The first-order valence-electron chi connectivity index (χ1n) is 7.28. The Bertz CT molecular complexity index is 413. The van der Waals surface area contributed by atoms with Gasteiger partial charge in [0.2, 0.25) is 0 Å². The van der Waals surface area contributed by atoms with Gasteiger partial charge in [-0.2, -0.15) is 5.10 Å². The molecule has 0 bridgehead atoms. The molecule has 5 heteroatoms. The summed E-state index contributed by atoms with van der Waals surface area (Å²) in [4.78, 5) is 0. The van der Waals surface area contributed by atoms with Crippen LogP contribution in [0.3, 0.4) is 0 Å². The molecule has 0 radical (unpaired) electrons. The van der Waals surface area contributed by atoms with Crippen LogP contribution in [-0.4, -0.2) is 28.5 Å². The Morgan fingerprint density at radius 2 is 2.26 bits per heavy atom. The van der Waals surface area contributed by atoms with Crippen LogP contribution in [0.4, 0.5) is 4.39 Å². The molecule has 2 rings (SSSR count). The largest absolute Gasteiger partial charge is 0.311 e. The van der Waals surface area contributed by atoms with E-state index >= 15 is 0 Å². The van der Waals surface area contributed by atoms with Crippen LogP contribution in [0.15, 0.2) is 4.47 Å². The predicted molar refractivity (Wildman–Crippen MR) is 79.2 cm³/mol. The summed E-state index contributed by atoms with van der Waals surface area (Å²) in [5.41, 5.74) is 2.03. The molecule has 0 amide bonds. The zero-order valence-electron chi connectivity index (χ0n) is 11.8. The third-order valence-corrected chi connectivity index (χ3v) is 4.78. The monoisotopic (exact) mass is 331 g/mol. The van der Waals surface area contributed by atoms with Gasteiger partial charge in [0.1, 0.15) is 6.17 Å². The lowest BCUT2D eigenvalue weighted by molar-refractivity contribution is 0.213. The number of nitrogens with zero attached hydrogens (tertiary/aromatic N) is 2. The van der Waals surface area contributed by atoms with Crippen LogP contribution in [0.1, 0.15) is 44.5 Å². The fourth-order valence-electron chi connectivity index (χ4n) is 2.73. The van der Waals surface area contributed by atoms with Crippen molar-refractivity contribution in [3.05, 3.63) is 15.9 Å². The summed E-state index contributed by atoms with van der Waals surface area (Å²) in [6.45, 7) is 5.86. The van der Waals surface area contributed by atoms with Crippen molar-refractivity contribution in [2.75, 3.05) is 6.54 Å². The summed E-state index contributed by atoms with van der Waals surface area (Å²) in [5, 5.41) is 7.82. The van der Waals surface area contributed by atoms with Crippen molar-refractivity contribution in [2.45, 2.75) is 64.7 Å². The average molecular weight is 332 g/mol. The van der Waals surface area contributed by atoms with Gasteiger partial charge in [-0.25, -0.2) is 4.39 Å².